The van der Waals surface area contributed by atoms with Gasteiger partial charge in [-0.15, -0.1) is 0 Å². The van der Waals surface area contributed by atoms with Gasteiger partial charge in [-0.05, 0) is 19.4 Å². The molecule has 0 aliphatic carbocycles. The van der Waals surface area contributed by atoms with E-state index < -0.39 is 0 Å². The number of hydrogen-bond donors (Lipinski definition) is 2. The van der Waals surface area contributed by atoms with Crippen molar-refractivity contribution in [1.29, 1.82) is 0 Å². The van der Waals surface area contributed by atoms with E-state index in [9.17, 15) is 4.79 Å². The summed E-state index contributed by atoms with van der Waals surface area (Å²) >= 11 is 0. The van der Waals surface area contributed by atoms with E-state index in [0.717, 1.165) is 5.56 Å². The van der Waals surface area contributed by atoms with E-state index in [1.165, 1.54) is 0 Å². The number of carbonyl (C=O) groups excluding carboxylic acids is 1. The summed E-state index contributed by atoms with van der Waals surface area (Å²) in [6.07, 6.45) is 0. The second-order valence-corrected chi connectivity index (χ2v) is 4.29. The van der Waals surface area contributed by atoms with Crippen molar-refractivity contribution in [2.24, 2.45) is 11.7 Å². The van der Waals surface area contributed by atoms with Crippen LogP contribution in [0, 0.1) is 5.92 Å². The molecule has 0 aliphatic heterocycles. The molecule has 0 aromatic heterocycles. The molecule has 3 atom stereocenters. The third-order valence-electron chi connectivity index (χ3n) is 2.86. The predicted molar refractivity (Wildman–Crippen MR) is 65.8 cm³/mol. The first-order valence-electron chi connectivity index (χ1n) is 5.63. The number of amides is 1. The normalized spacial score (nSPS) is 16.2. The quantitative estimate of drug-likeness (QED) is 0.813. The lowest BCUT2D eigenvalue weighted by Gasteiger charge is -2.19. The molecule has 0 spiro atoms. The highest BCUT2D eigenvalue weighted by molar-refractivity contribution is 5.79. The molecule has 1 rings (SSSR count). The first-order chi connectivity index (χ1) is 7.52. The summed E-state index contributed by atoms with van der Waals surface area (Å²) in [5, 5.41) is 2.96. The molecule has 0 radical (unpaired) electrons. The van der Waals surface area contributed by atoms with Gasteiger partial charge in [-0.25, -0.2) is 0 Å². The van der Waals surface area contributed by atoms with E-state index >= 15 is 0 Å². The fraction of sp³-hybridized carbons (Fsp3) is 0.462. The smallest absolute Gasteiger partial charge is 0.224 e. The molecule has 1 aromatic rings. The predicted octanol–water partition coefficient (Wildman–Crippen LogP) is 1.85. The van der Waals surface area contributed by atoms with Crippen molar-refractivity contribution < 1.29 is 4.79 Å². The molecule has 0 heterocycles. The fourth-order valence-corrected chi connectivity index (χ4v) is 1.41. The van der Waals surface area contributed by atoms with Crippen LogP contribution in [0.3, 0.4) is 0 Å². The van der Waals surface area contributed by atoms with Gasteiger partial charge in [-0.1, -0.05) is 37.3 Å². The highest BCUT2D eigenvalue weighted by atomic mass is 16.1. The number of nitrogens with two attached hydrogens (primary N) is 1. The van der Waals surface area contributed by atoms with Gasteiger partial charge < -0.3 is 11.1 Å². The number of carbonyl (C=O) groups is 1. The lowest BCUT2D eigenvalue weighted by molar-refractivity contribution is -0.125. The minimum absolute atomic E-state index is 0.00588. The van der Waals surface area contributed by atoms with Gasteiger partial charge in [0.1, 0.15) is 0 Å². The molecule has 3 nitrogen and oxygen atoms in total. The molecular weight excluding hydrogens is 200 g/mol. The molecule has 1 amide bonds. The van der Waals surface area contributed by atoms with E-state index in [0.29, 0.717) is 0 Å². The van der Waals surface area contributed by atoms with E-state index in [1.54, 1.807) is 0 Å². The van der Waals surface area contributed by atoms with Crippen LogP contribution in [0.1, 0.15) is 32.4 Å². The second kappa shape index (κ2) is 5.66. The van der Waals surface area contributed by atoms with Crippen LogP contribution in [0.5, 0.6) is 0 Å². The lowest BCUT2D eigenvalue weighted by Crippen LogP contribution is -2.39. The van der Waals surface area contributed by atoms with Crippen LogP contribution in [0.15, 0.2) is 30.3 Å². The van der Waals surface area contributed by atoms with Crippen molar-refractivity contribution in [2.75, 3.05) is 0 Å². The van der Waals surface area contributed by atoms with Crippen molar-refractivity contribution in [3.05, 3.63) is 35.9 Å². The molecule has 0 aliphatic rings. The van der Waals surface area contributed by atoms with Gasteiger partial charge in [0.25, 0.3) is 0 Å². The van der Waals surface area contributed by atoms with Gasteiger partial charge in [0, 0.05) is 12.0 Å². The van der Waals surface area contributed by atoms with E-state index in [-0.39, 0.29) is 23.9 Å². The zero-order chi connectivity index (χ0) is 12.1. The summed E-state index contributed by atoms with van der Waals surface area (Å²) in [6, 6.07) is 9.80. The lowest BCUT2D eigenvalue weighted by atomic mass is 10.0. The molecule has 0 saturated carbocycles. The van der Waals surface area contributed by atoms with Gasteiger partial charge in [0.05, 0.1) is 6.04 Å². The molecule has 3 heteroatoms. The first kappa shape index (κ1) is 12.7. The molecule has 0 fully saturated rings. The van der Waals surface area contributed by atoms with Gasteiger partial charge >= 0.3 is 0 Å². The molecule has 3 unspecified atom stereocenters. The van der Waals surface area contributed by atoms with Crippen LogP contribution in [0.2, 0.25) is 0 Å². The summed E-state index contributed by atoms with van der Waals surface area (Å²) in [4.78, 5) is 11.8. The number of benzene rings is 1. The van der Waals surface area contributed by atoms with Crippen molar-refractivity contribution in [3.8, 4) is 0 Å². The van der Waals surface area contributed by atoms with Gasteiger partial charge in [-0.3, -0.25) is 4.79 Å². The maximum atomic E-state index is 11.8. The molecule has 1 aromatic carbocycles. The Labute approximate surface area is 97.0 Å². The Morgan fingerprint density at radius 1 is 1.19 bits per heavy atom. The zero-order valence-electron chi connectivity index (χ0n) is 10.1. The summed E-state index contributed by atoms with van der Waals surface area (Å²) in [7, 11) is 0. The summed E-state index contributed by atoms with van der Waals surface area (Å²) in [6.45, 7) is 5.66. The van der Waals surface area contributed by atoms with Gasteiger partial charge in [-0.2, -0.15) is 0 Å². The average Bonchev–Trinajstić information content (AvgIpc) is 2.28. The topological polar surface area (TPSA) is 55.1 Å². The molecule has 3 N–H and O–H groups in total. The number of rotatable bonds is 4. The van der Waals surface area contributed by atoms with Crippen molar-refractivity contribution in [1.82, 2.24) is 5.32 Å². The third-order valence-corrected chi connectivity index (χ3v) is 2.86. The molecule has 0 bridgehead atoms. The van der Waals surface area contributed by atoms with Crippen LogP contribution < -0.4 is 11.1 Å². The minimum atomic E-state index is -0.161. The van der Waals surface area contributed by atoms with E-state index in [2.05, 4.69) is 5.32 Å². The van der Waals surface area contributed by atoms with Crippen molar-refractivity contribution >= 4 is 5.91 Å². The Morgan fingerprint density at radius 3 is 2.25 bits per heavy atom. The van der Waals surface area contributed by atoms with Gasteiger partial charge in [0.15, 0.2) is 0 Å². The van der Waals surface area contributed by atoms with Crippen LogP contribution in [-0.2, 0) is 4.79 Å². The van der Waals surface area contributed by atoms with Crippen molar-refractivity contribution in [2.45, 2.75) is 32.9 Å². The molecule has 16 heavy (non-hydrogen) atoms. The fourth-order valence-electron chi connectivity index (χ4n) is 1.41. The molecular formula is C13H20N2O. The Bertz CT molecular complexity index is 335. The minimum Gasteiger partial charge on any atom is -0.349 e. The van der Waals surface area contributed by atoms with Crippen LogP contribution in [0.4, 0.5) is 0 Å². The first-order valence-corrected chi connectivity index (χ1v) is 5.63. The maximum absolute atomic E-state index is 11.8. The van der Waals surface area contributed by atoms with Crippen LogP contribution >= 0.6 is 0 Å². The SMILES string of the molecule is CC(NC(=O)C(C)C(C)N)c1ccccc1. The Balaban J connectivity index is 2.58. The Morgan fingerprint density at radius 2 is 1.75 bits per heavy atom. The monoisotopic (exact) mass is 220 g/mol. The standard InChI is InChI=1S/C13H20N2O/c1-9(10(2)14)13(16)15-11(3)12-7-5-4-6-8-12/h4-11H,14H2,1-3H3,(H,15,16). The Hall–Kier alpha value is -1.35. The maximum Gasteiger partial charge on any atom is 0.224 e. The summed E-state index contributed by atoms with van der Waals surface area (Å²) in [5.41, 5.74) is 6.79. The highest BCUT2D eigenvalue weighted by Gasteiger charge is 2.18. The summed E-state index contributed by atoms with van der Waals surface area (Å²) < 4.78 is 0. The highest BCUT2D eigenvalue weighted by Crippen LogP contribution is 2.12. The van der Waals surface area contributed by atoms with Gasteiger partial charge in [0.2, 0.25) is 5.91 Å². The zero-order valence-corrected chi connectivity index (χ0v) is 10.1. The average molecular weight is 220 g/mol. The van der Waals surface area contributed by atoms with E-state index in [4.69, 9.17) is 5.73 Å². The molecule has 88 valence electrons. The van der Waals surface area contributed by atoms with Crippen LogP contribution in [0.25, 0.3) is 0 Å². The summed E-state index contributed by atoms with van der Waals surface area (Å²) in [5.74, 6) is -0.155. The Kier molecular flexibility index (Phi) is 4.50. The second-order valence-electron chi connectivity index (χ2n) is 4.29. The largest absolute Gasteiger partial charge is 0.349 e. The number of hydrogen-bond acceptors (Lipinski definition) is 2. The molecule has 0 saturated heterocycles. The van der Waals surface area contributed by atoms with E-state index in [1.807, 2.05) is 51.1 Å². The van der Waals surface area contributed by atoms with Crippen LogP contribution in [-0.4, -0.2) is 11.9 Å². The third kappa shape index (κ3) is 3.35. The van der Waals surface area contributed by atoms with Crippen molar-refractivity contribution in [3.63, 3.8) is 0 Å². The number of nitrogens with one attached hydrogen (secondary N) is 1.